The highest BCUT2D eigenvalue weighted by atomic mass is 32.1. The number of rotatable bonds is 6. The summed E-state index contributed by atoms with van der Waals surface area (Å²) in [6, 6.07) is 134. The zero-order valence-electron chi connectivity index (χ0n) is 57.2. The van der Waals surface area contributed by atoms with Gasteiger partial charge in [0, 0.05) is 100 Å². The zero-order valence-corrected chi connectivity index (χ0v) is 58.9. The molecule has 0 aliphatic carbocycles. The van der Waals surface area contributed by atoms with Crippen LogP contribution < -0.4 is 0 Å². The van der Waals surface area contributed by atoms with Crippen LogP contribution in [0.3, 0.4) is 0 Å². The maximum atomic E-state index is 2.53. The Morgan fingerprint density at radius 2 is 0.481 bits per heavy atom. The molecule has 6 aromatic heterocycles. The van der Waals surface area contributed by atoms with Gasteiger partial charge in [0.1, 0.15) is 0 Å². The molecule has 0 fully saturated rings. The third-order valence-electron chi connectivity index (χ3n) is 22.6. The molecule has 0 aliphatic rings. The molecule has 6 heteroatoms. The summed E-state index contributed by atoms with van der Waals surface area (Å²) < 4.78 is 15.2. The molecule has 0 N–H and O–H groups in total. The van der Waals surface area contributed by atoms with Crippen molar-refractivity contribution in [1.29, 1.82) is 0 Å². The number of fused-ring (bicyclic) bond motifs is 24. The van der Waals surface area contributed by atoms with Gasteiger partial charge in [0.05, 0.1) is 71.6 Å². The van der Waals surface area contributed by atoms with Crippen LogP contribution in [0.25, 0.3) is 216 Å². The maximum absolute atomic E-state index is 2.53. The van der Waals surface area contributed by atoms with E-state index in [1.54, 1.807) is 0 Å². The highest BCUT2D eigenvalue weighted by Crippen LogP contribution is 2.49. The smallest absolute Gasteiger partial charge is 0.0720 e. The summed E-state index contributed by atoms with van der Waals surface area (Å²) in [5, 5.41) is 25.4. The van der Waals surface area contributed by atoms with E-state index in [1.165, 1.54) is 216 Å². The summed E-state index contributed by atoms with van der Waals surface area (Å²) >= 11 is 3.78. The summed E-state index contributed by atoms with van der Waals surface area (Å²) in [4.78, 5) is 0. The van der Waals surface area contributed by atoms with Gasteiger partial charge in [-0.25, -0.2) is 0 Å². The van der Waals surface area contributed by atoms with Gasteiger partial charge >= 0.3 is 0 Å². The molecule has 492 valence electrons. The summed E-state index contributed by atoms with van der Waals surface area (Å²) in [6.45, 7) is 0. The molecule has 0 radical (unpaired) electrons. The molecule has 0 spiro atoms. The molecule has 18 aromatic carbocycles. The average Bonchev–Trinajstić information content (AvgIpc) is 1.55. The monoisotopic (exact) mass is 1380 g/mol. The summed E-state index contributed by atoms with van der Waals surface area (Å²) in [6.07, 6.45) is 0. The first-order chi connectivity index (χ1) is 52.6. The lowest BCUT2D eigenvalue weighted by molar-refractivity contribution is 1.20. The van der Waals surface area contributed by atoms with Crippen LogP contribution in [0.5, 0.6) is 0 Å². The van der Waals surface area contributed by atoms with Gasteiger partial charge in [-0.1, -0.05) is 261 Å². The molecule has 0 saturated carbocycles. The lowest BCUT2D eigenvalue weighted by Gasteiger charge is -2.13. The van der Waals surface area contributed by atoms with Gasteiger partial charge < -0.3 is 18.3 Å². The Morgan fingerprint density at radius 3 is 0.943 bits per heavy atom. The first kappa shape index (κ1) is 59.2. The molecule has 24 aromatic rings. The fourth-order valence-corrected chi connectivity index (χ4v) is 20.2. The second-order valence-electron chi connectivity index (χ2n) is 28.2. The molecule has 0 amide bonds. The van der Waals surface area contributed by atoms with E-state index in [1.807, 2.05) is 22.7 Å². The van der Waals surface area contributed by atoms with Crippen LogP contribution in [0.2, 0.25) is 0 Å². The maximum Gasteiger partial charge on any atom is 0.0720 e. The van der Waals surface area contributed by atoms with Crippen molar-refractivity contribution in [1.82, 2.24) is 18.3 Å². The lowest BCUT2D eigenvalue weighted by Crippen LogP contribution is -1.95. The summed E-state index contributed by atoms with van der Waals surface area (Å²) in [7, 11) is 0. The van der Waals surface area contributed by atoms with E-state index < -0.39 is 0 Å². The van der Waals surface area contributed by atoms with Crippen molar-refractivity contribution in [2.45, 2.75) is 0 Å². The van der Waals surface area contributed by atoms with Crippen molar-refractivity contribution >= 4 is 193 Å². The number of hydrogen-bond donors (Lipinski definition) is 0. The molecule has 0 saturated heterocycles. The van der Waals surface area contributed by atoms with E-state index in [2.05, 4.69) is 382 Å². The van der Waals surface area contributed by atoms with E-state index in [9.17, 15) is 0 Å². The van der Waals surface area contributed by atoms with Crippen LogP contribution in [-0.2, 0) is 0 Å². The molecule has 0 unspecified atom stereocenters. The molecule has 24 rings (SSSR count). The Hall–Kier alpha value is -13.4. The quantitative estimate of drug-likeness (QED) is 0.158. The Kier molecular flexibility index (Phi) is 12.9. The molecule has 6 heterocycles. The molecular weight excluding hydrogens is 1320 g/mol. The Bertz CT molecular complexity index is 7830. The van der Waals surface area contributed by atoms with Crippen molar-refractivity contribution in [2.24, 2.45) is 0 Å². The topological polar surface area (TPSA) is 19.7 Å². The van der Waals surface area contributed by atoms with Crippen molar-refractivity contribution in [3.8, 4) is 45.0 Å². The van der Waals surface area contributed by atoms with E-state index in [4.69, 9.17) is 0 Å². The van der Waals surface area contributed by atoms with Crippen LogP contribution in [0, 0.1) is 0 Å². The Balaban J connectivity index is 0.000000129. The number of aromatic nitrogens is 4. The number of thiophene rings is 2. The first-order valence-electron chi connectivity index (χ1n) is 36.4. The Morgan fingerprint density at radius 1 is 0.170 bits per heavy atom. The lowest BCUT2D eigenvalue weighted by atomic mass is 10.00. The number of nitrogens with zero attached hydrogens (tertiary/aromatic N) is 4. The Labute approximate surface area is 616 Å². The fourth-order valence-electron chi connectivity index (χ4n) is 17.9. The number of hydrogen-bond acceptors (Lipinski definition) is 2. The van der Waals surface area contributed by atoms with Gasteiger partial charge in [-0.05, 0) is 147 Å². The second kappa shape index (κ2) is 23.1. The summed E-state index contributed by atoms with van der Waals surface area (Å²) in [5.74, 6) is 0. The SMILES string of the molecule is c1ccc2c(-n3c4ccccc4c4cc(-c5ccc6c(c5)c5ccc7c8ccccc8sc7c5n6-c5cccc6ccccc56)ccc43)cccc2c1.c1ccc2c(-n3c4ccccc4c4cc(-c5ccc6c(c5)c5ccc7sc8ccccc8c7c5n6-c5cccc6ccccc56)ccc43)cccc2c1. The second-order valence-corrected chi connectivity index (χ2v) is 30.3. The zero-order chi connectivity index (χ0) is 69.2. The van der Waals surface area contributed by atoms with Gasteiger partial charge in [-0.15, -0.1) is 22.7 Å². The minimum absolute atomic E-state index is 1.21. The highest BCUT2D eigenvalue weighted by Gasteiger charge is 2.24. The fraction of sp³-hybridized carbons (Fsp3) is 0. The van der Waals surface area contributed by atoms with Crippen LogP contribution in [-0.4, -0.2) is 18.3 Å². The molecular formula is C100H60N4S2. The van der Waals surface area contributed by atoms with E-state index in [0.717, 1.165) is 0 Å². The molecule has 4 nitrogen and oxygen atoms in total. The van der Waals surface area contributed by atoms with Crippen molar-refractivity contribution in [3.63, 3.8) is 0 Å². The predicted molar refractivity (Wildman–Crippen MR) is 457 cm³/mol. The van der Waals surface area contributed by atoms with Crippen LogP contribution in [0.15, 0.2) is 364 Å². The summed E-state index contributed by atoms with van der Waals surface area (Å²) in [5.41, 5.74) is 19.6. The van der Waals surface area contributed by atoms with Crippen LogP contribution in [0.4, 0.5) is 0 Å². The molecule has 0 atom stereocenters. The third-order valence-corrected chi connectivity index (χ3v) is 24.9. The van der Waals surface area contributed by atoms with Crippen molar-refractivity contribution < 1.29 is 0 Å². The van der Waals surface area contributed by atoms with Crippen LogP contribution in [0.1, 0.15) is 0 Å². The molecule has 106 heavy (non-hydrogen) atoms. The molecule has 0 aliphatic heterocycles. The van der Waals surface area contributed by atoms with Gasteiger partial charge in [-0.3, -0.25) is 0 Å². The van der Waals surface area contributed by atoms with Crippen molar-refractivity contribution in [3.05, 3.63) is 364 Å². The highest BCUT2D eigenvalue weighted by molar-refractivity contribution is 7.27. The third kappa shape index (κ3) is 8.74. The van der Waals surface area contributed by atoms with E-state index >= 15 is 0 Å². The van der Waals surface area contributed by atoms with E-state index in [-0.39, 0.29) is 0 Å². The van der Waals surface area contributed by atoms with Gasteiger partial charge in [0.25, 0.3) is 0 Å². The van der Waals surface area contributed by atoms with Gasteiger partial charge in [-0.2, -0.15) is 0 Å². The number of para-hydroxylation sites is 2. The van der Waals surface area contributed by atoms with Crippen LogP contribution >= 0.6 is 22.7 Å². The predicted octanol–water partition coefficient (Wildman–Crippen LogP) is 28.4. The van der Waals surface area contributed by atoms with E-state index in [0.29, 0.717) is 0 Å². The normalized spacial score (nSPS) is 12.2. The first-order valence-corrected chi connectivity index (χ1v) is 38.0. The standard InChI is InChI=1S/2C50H30N2S/c1-3-15-35-31(11-1)13-9-20-43(35)51-45-19-7-5-17-37(45)41-29-33(23-27-46(41)51)34-24-28-47-42(30-34)39-25-26-40-38-18-6-8-22-48(38)53-50(40)49(39)52(47)44-21-10-14-32-12-2-4-16-36(32)44;1-3-15-35-31(11-1)13-9-20-42(35)51-44-19-7-5-17-37(44)40-29-33(23-26-45(40)51)34-24-27-46-41(30-34)38-25-28-48-49(39-18-6-8-22-47(39)53-48)50(38)52(46)43-21-10-14-32-12-2-4-16-36(32)43/h2*1-30H. The minimum atomic E-state index is 1.21. The van der Waals surface area contributed by atoms with Gasteiger partial charge in [0.15, 0.2) is 0 Å². The number of benzene rings is 18. The average molecular weight is 1380 g/mol. The molecule has 0 bridgehead atoms. The minimum Gasteiger partial charge on any atom is -0.309 e. The van der Waals surface area contributed by atoms with Gasteiger partial charge in [0.2, 0.25) is 0 Å². The van der Waals surface area contributed by atoms with Crippen molar-refractivity contribution in [2.75, 3.05) is 0 Å². The largest absolute Gasteiger partial charge is 0.309 e.